The summed E-state index contributed by atoms with van der Waals surface area (Å²) in [6.07, 6.45) is 8.69. The van der Waals surface area contributed by atoms with Crippen LogP contribution in [0.1, 0.15) is 18.4 Å². The average Bonchev–Trinajstić information content (AvgIpc) is 3.51. The number of ether oxygens (including phenoxy) is 1. The van der Waals surface area contributed by atoms with Crippen LogP contribution in [0.4, 0.5) is 0 Å². The lowest BCUT2D eigenvalue weighted by Crippen LogP contribution is -2.17. The maximum Gasteiger partial charge on any atom is 0.258 e. The van der Waals surface area contributed by atoms with Crippen LogP contribution in [-0.4, -0.2) is 39.3 Å². The molecule has 1 saturated carbocycles. The van der Waals surface area contributed by atoms with Crippen molar-refractivity contribution in [2.75, 3.05) is 13.7 Å². The summed E-state index contributed by atoms with van der Waals surface area (Å²) in [6.45, 7) is 0.774. The molecule has 1 aliphatic carbocycles. The molecular formula is C24H25N2O2Si+. The van der Waals surface area contributed by atoms with Crippen LogP contribution in [-0.2, 0) is 7.05 Å². The Labute approximate surface area is 173 Å². The van der Waals surface area contributed by atoms with Crippen molar-refractivity contribution in [1.82, 2.24) is 4.57 Å². The lowest BCUT2D eigenvalue weighted by atomic mass is 9.95. The van der Waals surface area contributed by atoms with Crippen LogP contribution >= 0.6 is 0 Å². The van der Waals surface area contributed by atoms with E-state index in [4.69, 9.17) is 4.74 Å². The Bertz CT molecular complexity index is 1270. The van der Waals surface area contributed by atoms with Crippen molar-refractivity contribution in [3.8, 4) is 16.9 Å². The summed E-state index contributed by atoms with van der Waals surface area (Å²) in [4.78, 5) is 12.8. The van der Waals surface area contributed by atoms with E-state index >= 15 is 0 Å². The molecule has 3 aromatic rings. The Balaban J connectivity index is 1.70. The summed E-state index contributed by atoms with van der Waals surface area (Å²) in [5.41, 5.74) is 4.48. The summed E-state index contributed by atoms with van der Waals surface area (Å²) < 4.78 is 9.94. The van der Waals surface area contributed by atoms with Crippen LogP contribution in [0.25, 0.3) is 27.5 Å². The zero-order valence-electron chi connectivity index (χ0n) is 17.1. The van der Waals surface area contributed by atoms with Crippen LogP contribution in [0.3, 0.4) is 0 Å². The molecule has 5 rings (SSSR count). The van der Waals surface area contributed by atoms with Gasteiger partial charge in [0, 0.05) is 40.0 Å². The molecule has 5 heteroatoms. The number of fused-ring (bicyclic) bond motifs is 1. The SMILES string of the molecule is Cn1cc(-c2cc([SiH3])ccc2OCC2CC2)c2cc(C3=C[N+](C)=C3)ccc2c1=O. The minimum absolute atomic E-state index is 0.0291. The molecule has 0 radical (unpaired) electrons. The van der Waals surface area contributed by atoms with E-state index in [1.807, 2.05) is 37.0 Å². The highest BCUT2D eigenvalue weighted by Gasteiger charge is 2.23. The molecule has 2 aromatic carbocycles. The number of rotatable bonds is 5. The third-order valence-electron chi connectivity index (χ3n) is 5.80. The average molecular weight is 402 g/mol. The fourth-order valence-electron chi connectivity index (χ4n) is 3.91. The van der Waals surface area contributed by atoms with E-state index < -0.39 is 0 Å². The van der Waals surface area contributed by atoms with E-state index in [1.165, 1.54) is 23.6 Å². The fraction of sp³-hybridized carbons (Fsp3) is 0.250. The van der Waals surface area contributed by atoms with Crippen LogP contribution in [0.2, 0.25) is 0 Å². The molecule has 0 atom stereocenters. The Morgan fingerprint density at radius 3 is 2.66 bits per heavy atom. The number of allylic oxidation sites excluding steroid dienone is 1. The number of hydrogen-bond donors (Lipinski definition) is 0. The zero-order chi connectivity index (χ0) is 20.1. The standard InChI is InChI=1S/C24H25N2O2Si/c1-25-11-17(12-25)16-5-7-19-20(9-16)22(13-26(2)24(19)27)21-10-18(29)6-8-23(21)28-14-15-3-4-15/h5-13,15H,3-4,14H2,1-2,29H3/q+1. The van der Waals surface area contributed by atoms with Crippen LogP contribution in [0, 0.1) is 5.92 Å². The molecule has 1 aromatic heterocycles. The van der Waals surface area contributed by atoms with Gasteiger partial charge in [0.1, 0.15) is 18.4 Å². The Kier molecular flexibility index (Phi) is 4.28. The summed E-state index contributed by atoms with van der Waals surface area (Å²) in [5.74, 6) is 1.61. The molecule has 146 valence electrons. The van der Waals surface area contributed by atoms with E-state index in [0.717, 1.165) is 50.1 Å². The molecule has 4 nitrogen and oxygen atoms in total. The third-order valence-corrected chi connectivity index (χ3v) is 6.42. The highest BCUT2D eigenvalue weighted by Crippen LogP contribution is 2.36. The lowest BCUT2D eigenvalue weighted by Gasteiger charge is -2.16. The predicted molar refractivity (Wildman–Crippen MR) is 123 cm³/mol. The topological polar surface area (TPSA) is 34.2 Å². The van der Waals surface area contributed by atoms with Gasteiger partial charge in [-0.3, -0.25) is 4.79 Å². The minimum atomic E-state index is 0.0291. The van der Waals surface area contributed by atoms with Crippen molar-refractivity contribution < 1.29 is 9.31 Å². The second-order valence-corrected chi connectivity index (χ2v) is 9.51. The number of hydrogen-bond acceptors (Lipinski definition) is 2. The number of aryl methyl sites for hydroxylation is 1. The molecule has 2 aliphatic rings. The highest BCUT2D eigenvalue weighted by molar-refractivity contribution is 6.32. The fourth-order valence-corrected chi connectivity index (χ4v) is 4.36. The maximum absolute atomic E-state index is 12.8. The van der Waals surface area contributed by atoms with Gasteiger partial charge in [0.25, 0.3) is 5.56 Å². The molecule has 0 saturated heterocycles. The van der Waals surface area contributed by atoms with Gasteiger partial charge in [-0.1, -0.05) is 23.4 Å². The van der Waals surface area contributed by atoms with E-state index in [2.05, 4.69) is 36.7 Å². The first-order valence-corrected chi connectivity index (χ1v) is 11.2. The number of pyridine rings is 1. The van der Waals surface area contributed by atoms with Crippen molar-refractivity contribution in [3.63, 3.8) is 0 Å². The molecule has 0 spiro atoms. The molecule has 29 heavy (non-hydrogen) atoms. The smallest absolute Gasteiger partial charge is 0.258 e. The normalized spacial score (nSPS) is 15.8. The van der Waals surface area contributed by atoms with Gasteiger partial charge in [-0.25, -0.2) is 4.58 Å². The van der Waals surface area contributed by atoms with E-state index in [9.17, 15) is 4.79 Å². The summed E-state index contributed by atoms with van der Waals surface area (Å²) in [5, 5.41) is 3.04. The molecule has 1 aliphatic heterocycles. The van der Waals surface area contributed by atoms with Crippen LogP contribution in [0.15, 0.2) is 53.6 Å². The van der Waals surface area contributed by atoms with Gasteiger partial charge < -0.3 is 9.30 Å². The predicted octanol–water partition coefficient (Wildman–Crippen LogP) is 2.05. The van der Waals surface area contributed by atoms with E-state index in [0.29, 0.717) is 5.92 Å². The lowest BCUT2D eigenvalue weighted by molar-refractivity contribution is -0.423. The first-order valence-electron chi connectivity index (χ1n) is 10.2. The second kappa shape index (κ2) is 6.85. The van der Waals surface area contributed by atoms with E-state index in [-0.39, 0.29) is 5.56 Å². The maximum atomic E-state index is 12.8. The second-order valence-electron chi connectivity index (χ2n) is 8.35. The highest BCUT2D eigenvalue weighted by atomic mass is 28.1. The van der Waals surface area contributed by atoms with Crippen molar-refractivity contribution in [2.24, 2.45) is 13.0 Å². The van der Waals surface area contributed by atoms with Crippen molar-refractivity contribution in [2.45, 2.75) is 12.8 Å². The van der Waals surface area contributed by atoms with Crippen molar-refractivity contribution in [1.29, 1.82) is 0 Å². The van der Waals surface area contributed by atoms with Gasteiger partial charge >= 0.3 is 0 Å². The number of aromatic nitrogens is 1. The largest absolute Gasteiger partial charge is 0.493 e. The Hall–Kier alpha value is -2.92. The molecule has 2 heterocycles. The third kappa shape index (κ3) is 3.36. The molecule has 1 fully saturated rings. The minimum Gasteiger partial charge on any atom is -0.493 e. The molecular weight excluding hydrogens is 376 g/mol. The molecule has 0 unspecified atom stereocenters. The summed E-state index contributed by atoms with van der Waals surface area (Å²) in [7, 11) is 4.82. The first kappa shape index (κ1) is 18.1. The van der Waals surface area contributed by atoms with Gasteiger partial charge in [0.15, 0.2) is 12.4 Å². The monoisotopic (exact) mass is 401 g/mol. The molecule has 0 amide bonds. The van der Waals surface area contributed by atoms with E-state index in [1.54, 1.807) is 4.57 Å². The quantitative estimate of drug-likeness (QED) is 0.484. The number of benzene rings is 2. The zero-order valence-corrected chi connectivity index (χ0v) is 19.1. The van der Waals surface area contributed by atoms with Crippen LogP contribution in [0.5, 0.6) is 5.75 Å². The van der Waals surface area contributed by atoms with Crippen molar-refractivity contribution >= 4 is 38.0 Å². The van der Waals surface area contributed by atoms with Crippen LogP contribution < -0.4 is 15.5 Å². The Morgan fingerprint density at radius 2 is 1.93 bits per heavy atom. The van der Waals surface area contributed by atoms with Gasteiger partial charge in [-0.2, -0.15) is 0 Å². The van der Waals surface area contributed by atoms with Gasteiger partial charge in [-0.15, -0.1) is 0 Å². The summed E-state index contributed by atoms with van der Waals surface area (Å²) in [6, 6.07) is 12.6. The van der Waals surface area contributed by atoms with Gasteiger partial charge in [0.05, 0.1) is 6.61 Å². The summed E-state index contributed by atoms with van der Waals surface area (Å²) >= 11 is 0. The van der Waals surface area contributed by atoms with Crippen molar-refractivity contribution in [3.05, 3.63) is 64.7 Å². The first-order chi connectivity index (χ1) is 14.0. The number of nitrogens with zero attached hydrogens (tertiary/aromatic N) is 2. The van der Waals surface area contributed by atoms with Gasteiger partial charge in [0.2, 0.25) is 0 Å². The van der Waals surface area contributed by atoms with Gasteiger partial charge in [-0.05, 0) is 47.9 Å². The Morgan fingerprint density at radius 1 is 1.14 bits per heavy atom. The molecule has 0 N–H and O–H groups in total. The molecule has 0 bridgehead atoms.